The first-order valence-electron chi connectivity index (χ1n) is 7.68. The molecule has 2 aromatic heterocycles. The minimum Gasteiger partial charge on any atom is -0.481 e. The van der Waals surface area contributed by atoms with E-state index in [2.05, 4.69) is 4.98 Å². The second-order valence-electron chi connectivity index (χ2n) is 5.84. The van der Waals surface area contributed by atoms with Gasteiger partial charge in [-0.15, -0.1) is 11.3 Å². The molecule has 0 aliphatic carbocycles. The van der Waals surface area contributed by atoms with Gasteiger partial charge in [-0.25, -0.2) is 4.98 Å². The Kier molecular flexibility index (Phi) is 4.24. The van der Waals surface area contributed by atoms with Crippen LogP contribution in [0.3, 0.4) is 0 Å². The summed E-state index contributed by atoms with van der Waals surface area (Å²) in [6.45, 7) is 5.87. The standard InChI is InChI=1S/C18H18N2O3S/c1-10-4-6-13(7-5-10)15-11(2)24-17-16(15)18(23)20(12(3)19-17)9-8-14(21)22/h4-7H,8-9H2,1-3H3,(H,21,22). The summed E-state index contributed by atoms with van der Waals surface area (Å²) < 4.78 is 1.46. The molecule has 0 aliphatic rings. The number of hydrogen-bond donors (Lipinski definition) is 1. The van der Waals surface area contributed by atoms with Crippen molar-refractivity contribution in [3.63, 3.8) is 0 Å². The Balaban J connectivity index is 2.25. The SMILES string of the molecule is Cc1ccc(-c2c(C)sc3nc(C)n(CCC(=O)O)c(=O)c23)cc1. The Hall–Kier alpha value is -2.47. The number of nitrogens with zero attached hydrogens (tertiary/aromatic N) is 2. The van der Waals surface area contributed by atoms with Crippen molar-refractivity contribution in [1.29, 1.82) is 0 Å². The predicted molar refractivity (Wildman–Crippen MR) is 95.8 cm³/mol. The second kappa shape index (κ2) is 6.20. The highest BCUT2D eigenvalue weighted by Crippen LogP contribution is 2.35. The van der Waals surface area contributed by atoms with Gasteiger partial charge in [-0.05, 0) is 26.3 Å². The van der Waals surface area contributed by atoms with Crippen LogP contribution in [0.4, 0.5) is 0 Å². The third-order valence-electron chi connectivity index (χ3n) is 4.07. The zero-order chi connectivity index (χ0) is 17.4. The quantitative estimate of drug-likeness (QED) is 0.787. The van der Waals surface area contributed by atoms with Crippen LogP contribution >= 0.6 is 11.3 Å². The molecular weight excluding hydrogens is 324 g/mol. The molecule has 3 rings (SSSR count). The minimum atomic E-state index is -0.929. The predicted octanol–water partition coefficient (Wildman–Crippen LogP) is 3.52. The number of hydrogen-bond acceptors (Lipinski definition) is 4. The molecular formula is C18H18N2O3S. The Morgan fingerprint density at radius 2 is 1.88 bits per heavy atom. The van der Waals surface area contributed by atoms with E-state index < -0.39 is 5.97 Å². The summed E-state index contributed by atoms with van der Waals surface area (Å²) in [5, 5.41) is 9.48. The van der Waals surface area contributed by atoms with Crippen molar-refractivity contribution in [2.24, 2.45) is 0 Å². The second-order valence-corrected chi connectivity index (χ2v) is 7.04. The van der Waals surface area contributed by atoms with E-state index in [1.807, 2.05) is 38.1 Å². The molecule has 0 unspecified atom stereocenters. The lowest BCUT2D eigenvalue weighted by atomic mass is 10.0. The molecule has 0 bridgehead atoms. The van der Waals surface area contributed by atoms with E-state index in [0.717, 1.165) is 21.6 Å². The van der Waals surface area contributed by atoms with Crippen molar-refractivity contribution in [3.05, 3.63) is 50.9 Å². The Bertz CT molecular complexity index is 984. The lowest BCUT2D eigenvalue weighted by molar-refractivity contribution is -0.137. The van der Waals surface area contributed by atoms with Crippen molar-refractivity contribution in [2.75, 3.05) is 0 Å². The molecule has 0 atom stereocenters. The van der Waals surface area contributed by atoms with Crippen LogP contribution in [0.1, 0.15) is 22.7 Å². The Morgan fingerprint density at radius 1 is 1.21 bits per heavy atom. The molecule has 0 radical (unpaired) electrons. The Labute approximate surface area is 143 Å². The third-order valence-corrected chi connectivity index (χ3v) is 5.07. The monoisotopic (exact) mass is 342 g/mol. The molecule has 0 fully saturated rings. The number of benzene rings is 1. The number of carboxylic acid groups (broad SMARTS) is 1. The van der Waals surface area contributed by atoms with Gasteiger partial charge in [-0.1, -0.05) is 29.8 Å². The number of aliphatic carboxylic acids is 1. The fraction of sp³-hybridized carbons (Fsp3) is 0.278. The molecule has 3 aromatic rings. The summed E-state index contributed by atoms with van der Waals surface area (Å²) >= 11 is 1.50. The lowest BCUT2D eigenvalue weighted by Crippen LogP contribution is -2.24. The number of aromatic nitrogens is 2. The van der Waals surface area contributed by atoms with Crippen LogP contribution in [0.2, 0.25) is 0 Å². The fourth-order valence-electron chi connectivity index (χ4n) is 2.84. The average molecular weight is 342 g/mol. The van der Waals surface area contributed by atoms with Crippen molar-refractivity contribution >= 4 is 27.5 Å². The number of fused-ring (bicyclic) bond motifs is 1. The summed E-state index contributed by atoms with van der Waals surface area (Å²) in [5.41, 5.74) is 2.87. The molecule has 0 amide bonds. The highest BCUT2D eigenvalue weighted by Gasteiger charge is 2.18. The maximum absolute atomic E-state index is 13.0. The van der Waals surface area contributed by atoms with Gasteiger partial charge in [0.1, 0.15) is 10.7 Å². The lowest BCUT2D eigenvalue weighted by Gasteiger charge is -2.09. The van der Waals surface area contributed by atoms with Gasteiger partial charge >= 0.3 is 5.97 Å². The van der Waals surface area contributed by atoms with Gasteiger partial charge in [0.05, 0.1) is 11.8 Å². The highest BCUT2D eigenvalue weighted by molar-refractivity contribution is 7.19. The number of aryl methyl sites for hydroxylation is 3. The van der Waals surface area contributed by atoms with E-state index in [1.54, 1.807) is 6.92 Å². The van der Waals surface area contributed by atoms with Crippen LogP contribution in [0.25, 0.3) is 21.3 Å². The summed E-state index contributed by atoms with van der Waals surface area (Å²) in [4.78, 5) is 30.1. The summed E-state index contributed by atoms with van der Waals surface area (Å²) in [5.74, 6) is -0.382. The zero-order valence-corrected chi connectivity index (χ0v) is 14.6. The summed E-state index contributed by atoms with van der Waals surface area (Å²) in [6, 6.07) is 8.04. The number of rotatable bonds is 4. The Morgan fingerprint density at radius 3 is 2.50 bits per heavy atom. The number of thiophene rings is 1. The number of carbonyl (C=O) groups is 1. The smallest absolute Gasteiger partial charge is 0.305 e. The van der Waals surface area contributed by atoms with Gasteiger partial charge in [0.2, 0.25) is 0 Å². The summed E-state index contributed by atoms with van der Waals surface area (Å²) in [6.07, 6.45) is -0.100. The van der Waals surface area contributed by atoms with Gasteiger partial charge < -0.3 is 5.11 Å². The molecule has 0 saturated carbocycles. The third kappa shape index (κ3) is 2.85. The topological polar surface area (TPSA) is 72.2 Å². The van der Waals surface area contributed by atoms with E-state index in [9.17, 15) is 9.59 Å². The molecule has 24 heavy (non-hydrogen) atoms. The molecule has 0 saturated heterocycles. The minimum absolute atomic E-state index is 0.100. The molecule has 5 nitrogen and oxygen atoms in total. The normalized spacial score (nSPS) is 11.1. The van der Waals surface area contributed by atoms with Crippen LogP contribution in [-0.2, 0) is 11.3 Å². The van der Waals surface area contributed by atoms with E-state index in [-0.39, 0.29) is 18.5 Å². The van der Waals surface area contributed by atoms with Crippen molar-refractivity contribution in [3.8, 4) is 11.1 Å². The maximum Gasteiger partial charge on any atom is 0.305 e. The average Bonchev–Trinajstić information content (AvgIpc) is 2.83. The highest BCUT2D eigenvalue weighted by atomic mass is 32.1. The molecule has 2 heterocycles. The summed E-state index contributed by atoms with van der Waals surface area (Å²) in [7, 11) is 0. The van der Waals surface area contributed by atoms with Crippen molar-refractivity contribution < 1.29 is 9.90 Å². The van der Waals surface area contributed by atoms with E-state index in [1.165, 1.54) is 15.9 Å². The molecule has 0 spiro atoms. The van der Waals surface area contributed by atoms with E-state index in [4.69, 9.17) is 5.11 Å². The van der Waals surface area contributed by atoms with Gasteiger partial charge in [-0.3, -0.25) is 14.2 Å². The van der Waals surface area contributed by atoms with Crippen molar-refractivity contribution in [2.45, 2.75) is 33.7 Å². The first-order valence-corrected chi connectivity index (χ1v) is 8.49. The van der Waals surface area contributed by atoms with Gasteiger partial charge in [0, 0.05) is 17.0 Å². The number of carboxylic acids is 1. The van der Waals surface area contributed by atoms with Crippen LogP contribution in [0.5, 0.6) is 0 Å². The molecule has 124 valence electrons. The van der Waals surface area contributed by atoms with Crippen LogP contribution in [-0.4, -0.2) is 20.6 Å². The van der Waals surface area contributed by atoms with E-state index >= 15 is 0 Å². The van der Waals surface area contributed by atoms with Gasteiger partial charge in [0.15, 0.2) is 0 Å². The van der Waals surface area contributed by atoms with Gasteiger partial charge in [0.25, 0.3) is 5.56 Å². The van der Waals surface area contributed by atoms with Gasteiger partial charge in [-0.2, -0.15) is 0 Å². The molecule has 0 aliphatic heterocycles. The zero-order valence-electron chi connectivity index (χ0n) is 13.8. The van der Waals surface area contributed by atoms with Crippen LogP contribution in [0, 0.1) is 20.8 Å². The first-order chi connectivity index (χ1) is 11.4. The molecule has 6 heteroatoms. The fourth-order valence-corrected chi connectivity index (χ4v) is 3.92. The van der Waals surface area contributed by atoms with Crippen molar-refractivity contribution in [1.82, 2.24) is 9.55 Å². The maximum atomic E-state index is 13.0. The largest absolute Gasteiger partial charge is 0.481 e. The van der Waals surface area contributed by atoms with Crippen LogP contribution < -0.4 is 5.56 Å². The molecule has 1 aromatic carbocycles. The first kappa shape index (κ1) is 16.4. The van der Waals surface area contributed by atoms with E-state index in [0.29, 0.717) is 16.0 Å². The van der Waals surface area contributed by atoms with Crippen LogP contribution in [0.15, 0.2) is 29.1 Å². The molecule has 1 N–H and O–H groups in total.